The van der Waals surface area contributed by atoms with Gasteiger partial charge in [0.15, 0.2) is 5.82 Å². The van der Waals surface area contributed by atoms with Gasteiger partial charge in [0.1, 0.15) is 5.69 Å². The topological polar surface area (TPSA) is 113 Å². The molecule has 0 spiro atoms. The molecule has 3 heterocycles. The van der Waals surface area contributed by atoms with E-state index in [0.29, 0.717) is 18.8 Å². The third-order valence-corrected chi connectivity index (χ3v) is 5.78. The van der Waals surface area contributed by atoms with Crippen LogP contribution in [0.25, 0.3) is 11.3 Å². The highest BCUT2D eigenvalue weighted by Crippen LogP contribution is 2.28. The van der Waals surface area contributed by atoms with Crippen LogP contribution in [0, 0.1) is 11.2 Å². The number of carbonyl (C=O) groups is 2. The lowest BCUT2D eigenvalue weighted by atomic mass is 9.93. The lowest BCUT2D eigenvalue weighted by Gasteiger charge is -2.35. The minimum absolute atomic E-state index is 0.0462. The van der Waals surface area contributed by atoms with Gasteiger partial charge in [-0.05, 0) is 18.9 Å². The van der Waals surface area contributed by atoms with Crippen LogP contribution < -0.4 is 5.32 Å². The van der Waals surface area contributed by atoms with E-state index < -0.39 is 17.2 Å². The van der Waals surface area contributed by atoms with Gasteiger partial charge in [-0.1, -0.05) is 39.0 Å². The maximum Gasteiger partial charge on any atom is 0.336 e. The number of amides is 1. The van der Waals surface area contributed by atoms with E-state index in [1.165, 1.54) is 12.1 Å². The second-order valence-corrected chi connectivity index (χ2v) is 9.35. The molecule has 10 heteroatoms. The molecule has 1 saturated heterocycles. The first-order valence-electron chi connectivity index (χ1n) is 11.1. The Kier molecular flexibility index (Phi) is 6.32. The van der Waals surface area contributed by atoms with E-state index in [0.717, 1.165) is 19.0 Å². The van der Waals surface area contributed by atoms with Crippen LogP contribution >= 0.6 is 0 Å². The SMILES string of the molecule is CC(C)(C)C(=O)N1CCC(n2cc(Nc3ncc(F)c(-c4ccccc4C(=O)O)n3)cn2)CC1. The summed E-state index contributed by atoms with van der Waals surface area (Å²) in [6.07, 6.45) is 6.06. The Labute approximate surface area is 196 Å². The van der Waals surface area contributed by atoms with Crippen molar-refractivity contribution in [2.45, 2.75) is 39.7 Å². The van der Waals surface area contributed by atoms with Crippen LogP contribution in [0.2, 0.25) is 0 Å². The summed E-state index contributed by atoms with van der Waals surface area (Å²) in [6.45, 7) is 7.13. The van der Waals surface area contributed by atoms with Crippen molar-refractivity contribution >= 4 is 23.5 Å². The predicted octanol–water partition coefficient (Wildman–Crippen LogP) is 4.13. The summed E-state index contributed by atoms with van der Waals surface area (Å²) in [5, 5.41) is 16.9. The Morgan fingerprint density at radius 1 is 1.15 bits per heavy atom. The standard InChI is InChI=1S/C24H27FN6O3/c1-24(2,3)22(34)30-10-8-16(9-11-30)31-14-15(12-27-31)28-23-26-13-19(25)20(29-23)17-6-4-5-7-18(17)21(32)33/h4-7,12-14,16H,8-11H2,1-3H3,(H,32,33)(H,26,28,29). The van der Waals surface area contributed by atoms with Crippen molar-refractivity contribution in [1.29, 1.82) is 0 Å². The number of rotatable bonds is 5. The molecule has 178 valence electrons. The number of likely N-dealkylation sites (tertiary alicyclic amines) is 1. The zero-order valence-corrected chi connectivity index (χ0v) is 19.3. The first-order chi connectivity index (χ1) is 16.1. The average molecular weight is 467 g/mol. The van der Waals surface area contributed by atoms with E-state index >= 15 is 0 Å². The van der Waals surface area contributed by atoms with Gasteiger partial charge in [0.25, 0.3) is 0 Å². The predicted molar refractivity (Wildman–Crippen MR) is 124 cm³/mol. The van der Waals surface area contributed by atoms with Crippen molar-refractivity contribution in [3.8, 4) is 11.3 Å². The number of aromatic nitrogens is 4. The number of carboxylic acid groups (broad SMARTS) is 1. The molecule has 34 heavy (non-hydrogen) atoms. The van der Waals surface area contributed by atoms with Crippen LogP contribution in [-0.2, 0) is 4.79 Å². The van der Waals surface area contributed by atoms with Crippen molar-refractivity contribution in [2.24, 2.45) is 5.41 Å². The maximum atomic E-state index is 14.5. The lowest BCUT2D eigenvalue weighted by Crippen LogP contribution is -2.44. The normalized spacial score (nSPS) is 14.8. The van der Waals surface area contributed by atoms with Gasteiger partial charge in [0.05, 0.1) is 29.7 Å². The molecule has 1 aromatic carbocycles. The highest BCUT2D eigenvalue weighted by atomic mass is 19.1. The van der Waals surface area contributed by atoms with Crippen molar-refractivity contribution < 1.29 is 19.1 Å². The summed E-state index contributed by atoms with van der Waals surface area (Å²) in [6, 6.07) is 6.26. The zero-order valence-electron chi connectivity index (χ0n) is 19.3. The third kappa shape index (κ3) is 4.90. The van der Waals surface area contributed by atoms with Crippen LogP contribution in [0.1, 0.15) is 50.0 Å². The monoisotopic (exact) mass is 466 g/mol. The molecule has 1 amide bonds. The molecule has 2 N–H and O–H groups in total. The number of carboxylic acids is 1. The van der Waals surface area contributed by atoms with E-state index in [1.54, 1.807) is 18.3 Å². The van der Waals surface area contributed by atoms with Gasteiger partial charge in [-0.3, -0.25) is 9.48 Å². The largest absolute Gasteiger partial charge is 0.478 e. The lowest BCUT2D eigenvalue weighted by molar-refractivity contribution is -0.140. The Hall–Kier alpha value is -3.82. The van der Waals surface area contributed by atoms with Crippen LogP contribution in [0.4, 0.5) is 16.0 Å². The van der Waals surface area contributed by atoms with Gasteiger partial charge < -0.3 is 15.3 Å². The number of aromatic carboxylic acids is 1. The van der Waals surface area contributed by atoms with E-state index in [1.807, 2.05) is 36.5 Å². The molecule has 4 rings (SSSR count). The van der Waals surface area contributed by atoms with Crippen molar-refractivity contribution in [3.05, 3.63) is 54.2 Å². The van der Waals surface area contributed by atoms with Crippen molar-refractivity contribution in [3.63, 3.8) is 0 Å². The summed E-state index contributed by atoms with van der Waals surface area (Å²) in [4.78, 5) is 34.1. The zero-order chi connectivity index (χ0) is 24.5. The minimum atomic E-state index is -1.17. The molecule has 9 nitrogen and oxygen atoms in total. The summed E-state index contributed by atoms with van der Waals surface area (Å²) in [5.41, 5.74) is 0.255. The molecule has 0 bridgehead atoms. The van der Waals surface area contributed by atoms with Gasteiger partial charge in [0.2, 0.25) is 11.9 Å². The number of benzene rings is 1. The van der Waals surface area contributed by atoms with Crippen LogP contribution in [-0.4, -0.2) is 54.7 Å². The van der Waals surface area contributed by atoms with Gasteiger partial charge in [0, 0.05) is 30.3 Å². The molecule has 2 aromatic heterocycles. The molecule has 1 aliphatic rings. The number of nitrogens with zero attached hydrogens (tertiary/aromatic N) is 5. The van der Waals surface area contributed by atoms with Gasteiger partial charge >= 0.3 is 5.97 Å². The number of halogens is 1. The van der Waals surface area contributed by atoms with E-state index in [4.69, 9.17) is 0 Å². The van der Waals surface area contributed by atoms with E-state index in [9.17, 15) is 19.1 Å². The summed E-state index contributed by atoms with van der Waals surface area (Å²) < 4.78 is 16.3. The molecule has 0 radical (unpaired) electrons. The van der Waals surface area contributed by atoms with Crippen molar-refractivity contribution in [2.75, 3.05) is 18.4 Å². The second-order valence-electron chi connectivity index (χ2n) is 9.35. The molecule has 3 aromatic rings. The quantitative estimate of drug-likeness (QED) is 0.581. The number of anilines is 2. The van der Waals surface area contributed by atoms with Crippen LogP contribution in [0.5, 0.6) is 0 Å². The Bertz CT molecular complexity index is 1210. The minimum Gasteiger partial charge on any atom is -0.478 e. The molecule has 0 unspecified atom stereocenters. The number of nitrogens with one attached hydrogen (secondary N) is 1. The number of hydrogen-bond acceptors (Lipinski definition) is 6. The Balaban J connectivity index is 1.47. The summed E-state index contributed by atoms with van der Waals surface area (Å²) in [5.74, 6) is -1.60. The first kappa shape index (κ1) is 23.3. The molecule has 0 atom stereocenters. The van der Waals surface area contributed by atoms with Gasteiger partial charge in [-0.15, -0.1) is 0 Å². The van der Waals surface area contributed by atoms with E-state index in [2.05, 4.69) is 20.4 Å². The fraction of sp³-hybridized carbons (Fsp3) is 0.375. The average Bonchev–Trinajstić information content (AvgIpc) is 3.28. The van der Waals surface area contributed by atoms with Crippen LogP contribution in [0.15, 0.2) is 42.9 Å². The highest BCUT2D eigenvalue weighted by Gasteiger charge is 2.31. The number of hydrogen-bond donors (Lipinski definition) is 2. The molecule has 0 aliphatic carbocycles. The fourth-order valence-electron chi connectivity index (χ4n) is 4.03. The van der Waals surface area contributed by atoms with Gasteiger partial charge in [-0.25, -0.2) is 19.2 Å². The highest BCUT2D eigenvalue weighted by molar-refractivity contribution is 5.95. The molecule has 0 saturated carbocycles. The molecule has 1 fully saturated rings. The van der Waals surface area contributed by atoms with E-state index in [-0.39, 0.29) is 34.7 Å². The van der Waals surface area contributed by atoms with Gasteiger partial charge in [-0.2, -0.15) is 5.10 Å². The summed E-state index contributed by atoms with van der Waals surface area (Å²) >= 11 is 0. The second kappa shape index (κ2) is 9.20. The number of piperidine rings is 1. The van der Waals surface area contributed by atoms with Crippen LogP contribution in [0.3, 0.4) is 0 Å². The Morgan fingerprint density at radius 2 is 1.85 bits per heavy atom. The number of carbonyl (C=O) groups excluding carboxylic acids is 1. The first-order valence-corrected chi connectivity index (χ1v) is 11.1. The van der Waals surface area contributed by atoms with Crippen molar-refractivity contribution in [1.82, 2.24) is 24.6 Å². The molecular formula is C24H27FN6O3. The fourth-order valence-corrected chi connectivity index (χ4v) is 4.03. The molecular weight excluding hydrogens is 439 g/mol. The summed E-state index contributed by atoms with van der Waals surface area (Å²) in [7, 11) is 0. The Morgan fingerprint density at radius 3 is 2.53 bits per heavy atom. The maximum absolute atomic E-state index is 14.5. The smallest absolute Gasteiger partial charge is 0.336 e. The molecule has 1 aliphatic heterocycles. The third-order valence-electron chi connectivity index (χ3n) is 5.78.